The Balaban J connectivity index is 2.41. The molecule has 0 aromatic heterocycles. The topological polar surface area (TPSA) is 66.5 Å². The van der Waals surface area contributed by atoms with E-state index in [4.69, 9.17) is 0 Å². The van der Waals surface area contributed by atoms with Gasteiger partial charge in [-0.3, -0.25) is 4.79 Å². The molecule has 0 saturated heterocycles. The molecular weight excluding hydrogens is 276 g/mol. The fourth-order valence-corrected chi connectivity index (χ4v) is 4.26. The second kappa shape index (κ2) is 5.54. The summed E-state index contributed by atoms with van der Waals surface area (Å²) in [7, 11) is -3.46. The molecule has 1 aromatic carbocycles. The highest BCUT2D eigenvalue weighted by Crippen LogP contribution is 2.25. The Morgan fingerprint density at radius 3 is 2.65 bits per heavy atom. The van der Waals surface area contributed by atoms with Gasteiger partial charge in [-0.25, -0.2) is 8.42 Å². The van der Waals surface area contributed by atoms with Gasteiger partial charge in [0.15, 0.2) is 0 Å². The molecule has 0 spiro atoms. The third-order valence-electron chi connectivity index (χ3n) is 3.31. The van der Waals surface area contributed by atoms with Crippen LogP contribution in [0.4, 0.5) is 5.69 Å². The van der Waals surface area contributed by atoms with Gasteiger partial charge in [0.1, 0.15) is 6.04 Å². The van der Waals surface area contributed by atoms with Gasteiger partial charge >= 0.3 is 0 Å². The highest BCUT2D eigenvalue weighted by molar-refractivity contribution is 7.89. The zero-order chi connectivity index (χ0) is 14.9. The summed E-state index contributed by atoms with van der Waals surface area (Å²) in [6.45, 7) is 5.56. The number of anilines is 1. The Bertz CT molecular complexity index is 611. The first-order chi connectivity index (χ1) is 9.31. The van der Waals surface area contributed by atoms with Crippen molar-refractivity contribution in [1.29, 1.82) is 0 Å². The SMILES string of the molecule is CC(C)CS(=O)(=O)N1Cc2ccccc2NC(=O)C1C. The number of hydrogen-bond acceptors (Lipinski definition) is 3. The molecule has 1 heterocycles. The molecule has 1 unspecified atom stereocenters. The number of amides is 1. The van der Waals surface area contributed by atoms with Crippen LogP contribution in [0, 0.1) is 5.92 Å². The number of para-hydroxylation sites is 1. The summed E-state index contributed by atoms with van der Waals surface area (Å²) in [6, 6.07) is 6.59. The minimum Gasteiger partial charge on any atom is -0.324 e. The predicted octanol–water partition coefficient (Wildman–Crippen LogP) is 1.81. The lowest BCUT2D eigenvalue weighted by Crippen LogP contribution is -2.44. The molecule has 0 radical (unpaired) electrons. The van der Waals surface area contributed by atoms with Crippen molar-refractivity contribution >= 4 is 21.6 Å². The number of benzene rings is 1. The van der Waals surface area contributed by atoms with Crippen molar-refractivity contribution < 1.29 is 13.2 Å². The van der Waals surface area contributed by atoms with E-state index in [1.54, 1.807) is 13.0 Å². The maximum Gasteiger partial charge on any atom is 0.242 e. The molecule has 1 N–H and O–H groups in total. The predicted molar refractivity (Wildman–Crippen MR) is 78.7 cm³/mol. The minimum absolute atomic E-state index is 0.0220. The van der Waals surface area contributed by atoms with Crippen LogP contribution < -0.4 is 5.32 Å². The first-order valence-corrected chi connectivity index (χ1v) is 8.30. The summed E-state index contributed by atoms with van der Waals surface area (Å²) < 4.78 is 26.2. The van der Waals surface area contributed by atoms with E-state index in [9.17, 15) is 13.2 Å². The molecule has 6 heteroatoms. The molecule has 110 valence electrons. The second-order valence-corrected chi connectivity index (χ2v) is 7.51. The van der Waals surface area contributed by atoms with E-state index in [1.807, 2.05) is 32.0 Å². The van der Waals surface area contributed by atoms with Crippen LogP contribution in [-0.4, -0.2) is 30.4 Å². The van der Waals surface area contributed by atoms with Crippen LogP contribution in [0.5, 0.6) is 0 Å². The van der Waals surface area contributed by atoms with Crippen LogP contribution in [0.3, 0.4) is 0 Å². The van der Waals surface area contributed by atoms with E-state index in [-0.39, 0.29) is 24.1 Å². The molecule has 1 aliphatic heterocycles. The average molecular weight is 296 g/mol. The summed E-state index contributed by atoms with van der Waals surface area (Å²) in [5.41, 5.74) is 1.50. The summed E-state index contributed by atoms with van der Waals surface area (Å²) in [5.74, 6) is -0.219. The first-order valence-electron chi connectivity index (χ1n) is 6.69. The molecule has 1 atom stereocenters. The van der Waals surface area contributed by atoms with Gasteiger partial charge in [0.25, 0.3) is 0 Å². The molecule has 5 nitrogen and oxygen atoms in total. The van der Waals surface area contributed by atoms with Crippen LogP contribution in [0.15, 0.2) is 24.3 Å². The van der Waals surface area contributed by atoms with Crippen molar-refractivity contribution in [3.05, 3.63) is 29.8 Å². The average Bonchev–Trinajstić information content (AvgIpc) is 2.46. The normalized spacial score (nSPS) is 20.4. The summed E-state index contributed by atoms with van der Waals surface area (Å²) in [5, 5.41) is 2.78. The zero-order valence-electron chi connectivity index (χ0n) is 12.0. The highest BCUT2D eigenvalue weighted by Gasteiger charge is 2.34. The van der Waals surface area contributed by atoms with Crippen molar-refractivity contribution in [3.63, 3.8) is 0 Å². The van der Waals surface area contributed by atoms with E-state index in [2.05, 4.69) is 5.32 Å². The van der Waals surface area contributed by atoms with Gasteiger partial charge in [-0.05, 0) is 24.5 Å². The minimum atomic E-state index is -3.46. The fraction of sp³-hybridized carbons (Fsp3) is 0.500. The molecular formula is C14H20N2O3S. The quantitative estimate of drug-likeness (QED) is 0.925. The van der Waals surface area contributed by atoms with Crippen molar-refractivity contribution in [3.8, 4) is 0 Å². The van der Waals surface area contributed by atoms with Gasteiger partial charge in [0.2, 0.25) is 15.9 Å². The van der Waals surface area contributed by atoms with E-state index in [1.165, 1.54) is 4.31 Å². The van der Waals surface area contributed by atoms with Crippen LogP contribution in [0.2, 0.25) is 0 Å². The van der Waals surface area contributed by atoms with Gasteiger partial charge in [-0.15, -0.1) is 0 Å². The van der Waals surface area contributed by atoms with Crippen molar-refractivity contribution in [2.45, 2.75) is 33.4 Å². The number of rotatable bonds is 3. The number of fused-ring (bicyclic) bond motifs is 1. The Hall–Kier alpha value is -1.40. The van der Waals surface area contributed by atoms with Crippen LogP contribution in [-0.2, 0) is 21.4 Å². The Morgan fingerprint density at radius 2 is 2.00 bits per heavy atom. The lowest BCUT2D eigenvalue weighted by atomic mass is 10.2. The largest absolute Gasteiger partial charge is 0.324 e. The van der Waals surface area contributed by atoms with Crippen LogP contribution in [0.25, 0.3) is 0 Å². The van der Waals surface area contributed by atoms with E-state index in [0.29, 0.717) is 5.69 Å². The van der Waals surface area contributed by atoms with E-state index in [0.717, 1.165) is 5.56 Å². The van der Waals surface area contributed by atoms with Gasteiger partial charge in [0, 0.05) is 12.2 Å². The monoisotopic (exact) mass is 296 g/mol. The molecule has 1 aliphatic rings. The maximum atomic E-state index is 12.5. The number of carbonyl (C=O) groups excluding carboxylic acids is 1. The molecule has 0 aliphatic carbocycles. The highest BCUT2D eigenvalue weighted by atomic mass is 32.2. The summed E-state index contributed by atoms with van der Waals surface area (Å²) >= 11 is 0. The number of nitrogens with one attached hydrogen (secondary N) is 1. The summed E-state index contributed by atoms with van der Waals surface area (Å²) in [6.07, 6.45) is 0. The molecule has 1 amide bonds. The van der Waals surface area contributed by atoms with Crippen LogP contribution >= 0.6 is 0 Å². The lowest BCUT2D eigenvalue weighted by molar-refractivity contribution is -0.119. The van der Waals surface area contributed by atoms with Crippen molar-refractivity contribution in [2.24, 2.45) is 5.92 Å². The Kier molecular flexibility index (Phi) is 4.15. The zero-order valence-corrected chi connectivity index (χ0v) is 12.8. The first kappa shape index (κ1) is 15.0. The van der Waals surface area contributed by atoms with Gasteiger partial charge < -0.3 is 5.32 Å². The lowest BCUT2D eigenvalue weighted by Gasteiger charge is -2.25. The van der Waals surface area contributed by atoms with E-state index >= 15 is 0 Å². The standard InChI is InChI=1S/C14H20N2O3S/c1-10(2)9-20(18,19)16-8-12-6-4-5-7-13(12)15-14(17)11(16)3/h4-7,10-11H,8-9H2,1-3H3,(H,15,17). The van der Waals surface area contributed by atoms with Crippen molar-refractivity contribution in [2.75, 3.05) is 11.1 Å². The molecule has 0 fully saturated rings. The second-order valence-electron chi connectivity index (χ2n) is 5.54. The van der Waals surface area contributed by atoms with E-state index < -0.39 is 16.1 Å². The molecule has 1 aromatic rings. The Labute approximate surface area is 120 Å². The molecule has 0 bridgehead atoms. The third-order valence-corrected chi connectivity index (χ3v) is 5.56. The third kappa shape index (κ3) is 3.02. The molecule has 0 saturated carbocycles. The number of carbonyl (C=O) groups is 1. The molecule has 20 heavy (non-hydrogen) atoms. The number of hydrogen-bond donors (Lipinski definition) is 1. The van der Waals surface area contributed by atoms with Crippen molar-refractivity contribution in [1.82, 2.24) is 4.31 Å². The fourth-order valence-electron chi connectivity index (χ4n) is 2.31. The number of nitrogens with zero attached hydrogens (tertiary/aromatic N) is 1. The van der Waals surface area contributed by atoms with Gasteiger partial charge in [-0.1, -0.05) is 32.0 Å². The van der Waals surface area contributed by atoms with Gasteiger partial charge in [-0.2, -0.15) is 4.31 Å². The maximum absolute atomic E-state index is 12.5. The molecule has 2 rings (SSSR count). The Morgan fingerprint density at radius 1 is 1.35 bits per heavy atom. The number of sulfonamides is 1. The van der Waals surface area contributed by atoms with Gasteiger partial charge in [0.05, 0.1) is 5.75 Å². The summed E-state index contributed by atoms with van der Waals surface area (Å²) in [4.78, 5) is 12.1. The van der Waals surface area contributed by atoms with Crippen LogP contribution in [0.1, 0.15) is 26.3 Å². The smallest absolute Gasteiger partial charge is 0.242 e.